The van der Waals surface area contributed by atoms with Crippen LogP contribution in [0.4, 0.5) is 0 Å². The van der Waals surface area contributed by atoms with Gasteiger partial charge in [0, 0.05) is 24.9 Å². The Morgan fingerprint density at radius 2 is 2.00 bits per heavy atom. The maximum atomic E-state index is 11.8. The molecule has 1 rings (SSSR count). The van der Waals surface area contributed by atoms with E-state index in [0.29, 0.717) is 23.6 Å². The molecule has 0 saturated heterocycles. The molecule has 0 radical (unpaired) electrons. The van der Waals surface area contributed by atoms with E-state index >= 15 is 0 Å². The number of halogens is 1. The van der Waals surface area contributed by atoms with E-state index in [4.69, 9.17) is 16.7 Å². The Balaban J connectivity index is 2.22. The number of aromatic nitrogens is 1. The van der Waals surface area contributed by atoms with Crippen LogP contribution >= 0.6 is 11.6 Å². The number of aryl methyl sites for hydroxylation is 1. The summed E-state index contributed by atoms with van der Waals surface area (Å²) in [6.45, 7) is 2.36. The maximum absolute atomic E-state index is 11.8. The van der Waals surface area contributed by atoms with Gasteiger partial charge in [0.1, 0.15) is 0 Å². The fraction of sp³-hybridized carbons (Fsp3) is 0.500. The van der Waals surface area contributed by atoms with E-state index < -0.39 is 5.97 Å². The lowest BCUT2D eigenvalue weighted by atomic mass is 10.1. The Labute approximate surface area is 123 Å². The van der Waals surface area contributed by atoms with Crippen molar-refractivity contribution in [3.8, 4) is 0 Å². The van der Waals surface area contributed by atoms with Crippen molar-refractivity contribution in [2.24, 2.45) is 0 Å². The zero-order valence-corrected chi connectivity index (χ0v) is 12.2. The van der Waals surface area contributed by atoms with Gasteiger partial charge in [-0.15, -0.1) is 0 Å². The highest BCUT2D eigenvalue weighted by molar-refractivity contribution is 6.33. The molecule has 0 aliphatic rings. The zero-order chi connectivity index (χ0) is 15.0. The van der Waals surface area contributed by atoms with Gasteiger partial charge in [0.15, 0.2) is 0 Å². The van der Waals surface area contributed by atoms with Gasteiger partial charge in [-0.05, 0) is 25.8 Å². The van der Waals surface area contributed by atoms with Crippen molar-refractivity contribution in [1.82, 2.24) is 10.3 Å². The average Bonchev–Trinajstić information content (AvgIpc) is 2.37. The molecule has 0 aromatic carbocycles. The molecule has 0 unspecified atom stereocenters. The van der Waals surface area contributed by atoms with Crippen LogP contribution in [0.15, 0.2) is 12.3 Å². The molecule has 1 amide bonds. The highest BCUT2D eigenvalue weighted by atomic mass is 35.5. The number of hydrogen-bond acceptors (Lipinski definition) is 3. The van der Waals surface area contributed by atoms with E-state index in [9.17, 15) is 9.59 Å². The number of amides is 1. The molecule has 0 atom stereocenters. The number of carboxylic acid groups (broad SMARTS) is 1. The van der Waals surface area contributed by atoms with Gasteiger partial charge in [-0.3, -0.25) is 14.6 Å². The van der Waals surface area contributed by atoms with Crippen molar-refractivity contribution in [2.45, 2.75) is 39.0 Å². The minimum absolute atomic E-state index is 0.205. The molecule has 0 aliphatic heterocycles. The second-order valence-corrected chi connectivity index (χ2v) is 5.03. The lowest BCUT2D eigenvalue weighted by Gasteiger charge is -2.06. The van der Waals surface area contributed by atoms with E-state index in [1.807, 2.05) is 6.92 Å². The maximum Gasteiger partial charge on any atom is 0.303 e. The third-order valence-corrected chi connectivity index (χ3v) is 3.15. The Bertz CT molecular complexity index is 477. The molecule has 0 aliphatic carbocycles. The minimum Gasteiger partial charge on any atom is -0.481 e. The van der Waals surface area contributed by atoms with Gasteiger partial charge in [-0.1, -0.05) is 24.4 Å². The molecular formula is C14H19ClN2O3. The Morgan fingerprint density at radius 1 is 1.30 bits per heavy atom. The largest absolute Gasteiger partial charge is 0.481 e. The van der Waals surface area contributed by atoms with Crippen molar-refractivity contribution in [1.29, 1.82) is 0 Å². The number of pyridine rings is 1. The summed E-state index contributed by atoms with van der Waals surface area (Å²) in [7, 11) is 0. The van der Waals surface area contributed by atoms with Gasteiger partial charge >= 0.3 is 5.97 Å². The van der Waals surface area contributed by atoms with Crippen LogP contribution in [0.1, 0.15) is 48.2 Å². The number of aliphatic carboxylic acids is 1. The van der Waals surface area contributed by atoms with Crippen LogP contribution in [0.2, 0.25) is 5.02 Å². The summed E-state index contributed by atoms with van der Waals surface area (Å²) in [6.07, 6.45) is 4.93. The highest BCUT2D eigenvalue weighted by Crippen LogP contribution is 2.15. The number of carboxylic acids is 1. The minimum atomic E-state index is -0.764. The number of nitrogens with zero attached hydrogens (tertiary/aromatic N) is 1. The van der Waals surface area contributed by atoms with Crippen LogP contribution in [0.25, 0.3) is 0 Å². The molecule has 5 nitrogen and oxygen atoms in total. The number of carbonyl (C=O) groups is 2. The summed E-state index contributed by atoms with van der Waals surface area (Å²) >= 11 is 5.98. The lowest BCUT2D eigenvalue weighted by Crippen LogP contribution is -2.25. The lowest BCUT2D eigenvalue weighted by molar-refractivity contribution is -0.137. The first-order chi connectivity index (χ1) is 9.50. The molecule has 20 heavy (non-hydrogen) atoms. The Hall–Kier alpha value is -1.62. The van der Waals surface area contributed by atoms with Crippen molar-refractivity contribution in [3.63, 3.8) is 0 Å². The molecular weight excluding hydrogens is 280 g/mol. The standard InChI is InChI=1S/C14H19ClN2O3/c1-10-8-12(15)11(9-17-10)14(20)16-7-5-3-2-4-6-13(18)19/h8-9H,2-7H2,1H3,(H,16,20)(H,18,19). The van der Waals surface area contributed by atoms with Gasteiger partial charge in [-0.25, -0.2) is 0 Å². The second kappa shape index (κ2) is 8.53. The van der Waals surface area contributed by atoms with Crippen LogP contribution in [-0.2, 0) is 4.79 Å². The molecule has 1 heterocycles. The monoisotopic (exact) mass is 298 g/mol. The second-order valence-electron chi connectivity index (χ2n) is 4.62. The fourth-order valence-electron chi connectivity index (χ4n) is 1.75. The van der Waals surface area contributed by atoms with Crippen molar-refractivity contribution >= 4 is 23.5 Å². The summed E-state index contributed by atoms with van der Waals surface area (Å²) in [5.41, 5.74) is 1.15. The summed E-state index contributed by atoms with van der Waals surface area (Å²) in [4.78, 5) is 26.2. The zero-order valence-electron chi connectivity index (χ0n) is 11.5. The molecule has 2 N–H and O–H groups in total. The molecule has 0 bridgehead atoms. The van der Waals surface area contributed by atoms with Crippen molar-refractivity contribution in [2.75, 3.05) is 6.54 Å². The van der Waals surface area contributed by atoms with Crippen LogP contribution in [-0.4, -0.2) is 28.5 Å². The SMILES string of the molecule is Cc1cc(Cl)c(C(=O)NCCCCCCC(=O)O)cn1. The number of rotatable bonds is 8. The van der Waals surface area contributed by atoms with Gasteiger partial charge in [0.05, 0.1) is 10.6 Å². The fourth-order valence-corrected chi connectivity index (χ4v) is 2.04. The van der Waals surface area contributed by atoms with Gasteiger partial charge in [0.25, 0.3) is 5.91 Å². The molecule has 0 saturated carbocycles. The third kappa shape index (κ3) is 6.02. The molecule has 110 valence electrons. The highest BCUT2D eigenvalue weighted by Gasteiger charge is 2.10. The van der Waals surface area contributed by atoms with E-state index in [1.54, 1.807) is 6.07 Å². The number of hydrogen-bond donors (Lipinski definition) is 2. The van der Waals surface area contributed by atoms with E-state index in [0.717, 1.165) is 25.0 Å². The summed E-state index contributed by atoms with van der Waals surface area (Å²) in [6, 6.07) is 1.66. The molecule has 1 aromatic heterocycles. The predicted molar refractivity (Wildman–Crippen MR) is 77.0 cm³/mol. The number of unbranched alkanes of at least 4 members (excludes halogenated alkanes) is 3. The van der Waals surface area contributed by atoms with Gasteiger partial charge < -0.3 is 10.4 Å². The number of nitrogens with one attached hydrogen (secondary N) is 1. The Morgan fingerprint density at radius 3 is 2.65 bits per heavy atom. The van der Waals surface area contributed by atoms with Crippen molar-refractivity contribution < 1.29 is 14.7 Å². The molecule has 0 fully saturated rings. The topological polar surface area (TPSA) is 79.3 Å². The van der Waals surface area contributed by atoms with Crippen LogP contribution < -0.4 is 5.32 Å². The molecule has 6 heteroatoms. The van der Waals surface area contributed by atoms with E-state index in [1.165, 1.54) is 6.20 Å². The first-order valence-corrected chi connectivity index (χ1v) is 7.00. The molecule has 1 aromatic rings. The summed E-state index contributed by atoms with van der Waals surface area (Å²) in [5, 5.41) is 11.7. The molecule has 0 spiro atoms. The van der Waals surface area contributed by atoms with Gasteiger partial charge in [0.2, 0.25) is 0 Å². The normalized spacial score (nSPS) is 10.3. The van der Waals surface area contributed by atoms with Crippen molar-refractivity contribution in [3.05, 3.63) is 28.5 Å². The third-order valence-electron chi connectivity index (χ3n) is 2.84. The quantitative estimate of drug-likeness (QED) is 0.723. The smallest absolute Gasteiger partial charge is 0.303 e. The number of carbonyl (C=O) groups excluding carboxylic acids is 1. The van der Waals surface area contributed by atoms with E-state index in [-0.39, 0.29) is 12.3 Å². The predicted octanol–water partition coefficient (Wildman–Crippen LogP) is 2.81. The van der Waals surface area contributed by atoms with Crippen LogP contribution in [0, 0.1) is 6.92 Å². The summed E-state index contributed by atoms with van der Waals surface area (Å²) < 4.78 is 0. The Kier molecular flexibility index (Phi) is 7.01. The average molecular weight is 299 g/mol. The van der Waals surface area contributed by atoms with Crippen LogP contribution in [0.5, 0.6) is 0 Å². The summed E-state index contributed by atoms with van der Waals surface area (Å²) in [5.74, 6) is -0.993. The first-order valence-electron chi connectivity index (χ1n) is 6.63. The first kappa shape index (κ1) is 16.4. The van der Waals surface area contributed by atoms with Crippen LogP contribution in [0.3, 0.4) is 0 Å². The van der Waals surface area contributed by atoms with E-state index in [2.05, 4.69) is 10.3 Å². The van der Waals surface area contributed by atoms with Gasteiger partial charge in [-0.2, -0.15) is 0 Å².